The first kappa shape index (κ1) is 14.1. The summed E-state index contributed by atoms with van der Waals surface area (Å²) in [6.45, 7) is 0. The van der Waals surface area contributed by atoms with E-state index in [1.165, 1.54) is 0 Å². The highest BCUT2D eigenvalue weighted by Gasteiger charge is 2.09. The van der Waals surface area contributed by atoms with Crippen LogP contribution in [0, 0.1) is 0 Å². The van der Waals surface area contributed by atoms with E-state index < -0.39 is 0 Å². The summed E-state index contributed by atoms with van der Waals surface area (Å²) in [6.07, 6.45) is 2.38. The third-order valence-electron chi connectivity index (χ3n) is 2.99. The standard InChI is InChI=1S/C16H17NO3/c1-19-15-6-4-3-5-13(15)10-14(18)9-12-7-8-16(20-2)17-11-12/h3-8,11H,9-10H2,1-2H3. The summed E-state index contributed by atoms with van der Waals surface area (Å²) in [6, 6.07) is 11.2. The van der Waals surface area contributed by atoms with Crippen LogP contribution in [0.15, 0.2) is 42.6 Å². The Balaban J connectivity index is 2.01. The Bertz CT molecular complexity index is 579. The molecule has 1 aromatic heterocycles. The quantitative estimate of drug-likeness (QED) is 0.809. The van der Waals surface area contributed by atoms with Crippen molar-refractivity contribution in [2.24, 2.45) is 0 Å². The number of hydrogen-bond acceptors (Lipinski definition) is 4. The van der Waals surface area contributed by atoms with E-state index in [-0.39, 0.29) is 5.78 Å². The van der Waals surface area contributed by atoms with Crippen LogP contribution in [0.25, 0.3) is 0 Å². The van der Waals surface area contributed by atoms with E-state index in [4.69, 9.17) is 9.47 Å². The van der Waals surface area contributed by atoms with Crippen LogP contribution >= 0.6 is 0 Å². The molecule has 4 heteroatoms. The van der Waals surface area contributed by atoms with Gasteiger partial charge in [0.15, 0.2) is 0 Å². The smallest absolute Gasteiger partial charge is 0.212 e. The highest BCUT2D eigenvalue weighted by atomic mass is 16.5. The maximum atomic E-state index is 12.1. The van der Waals surface area contributed by atoms with Crippen molar-refractivity contribution in [2.75, 3.05) is 14.2 Å². The molecule has 0 N–H and O–H groups in total. The predicted octanol–water partition coefficient (Wildman–Crippen LogP) is 2.45. The number of nitrogens with zero attached hydrogens (tertiary/aromatic N) is 1. The van der Waals surface area contributed by atoms with E-state index in [9.17, 15) is 4.79 Å². The van der Waals surface area contributed by atoms with Crippen LogP contribution in [0.3, 0.4) is 0 Å². The zero-order valence-electron chi connectivity index (χ0n) is 11.6. The van der Waals surface area contributed by atoms with Crippen molar-refractivity contribution >= 4 is 5.78 Å². The molecule has 0 fully saturated rings. The summed E-state index contributed by atoms with van der Waals surface area (Å²) in [7, 11) is 3.17. The molecule has 20 heavy (non-hydrogen) atoms. The van der Waals surface area contributed by atoms with Crippen molar-refractivity contribution in [2.45, 2.75) is 12.8 Å². The van der Waals surface area contributed by atoms with Gasteiger partial charge in [-0.1, -0.05) is 24.3 Å². The average Bonchev–Trinajstić information content (AvgIpc) is 2.48. The van der Waals surface area contributed by atoms with Gasteiger partial charge < -0.3 is 9.47 Å². The van der Waals surface area contributed by atoms with Gasteiger partial charge in [0, 0.05) is 30.7 Å². The second-order valence-corrected chi connectivity index (χ2v) is 4.41. The van der Waals surface area contributed by atoms with Crippen molar-refractivity contribution in [1.82, 2.24) is 4.98 Å². The Morgan fingerprint density at radius 2 is 1.85 bits per heavy atom. The molecule has 0 aliphatic heterocycles. The second kappa shape index (κ2) is 6.70. The molecule has 0 unspecified atom stereocenters. The van der Waals surface area contributed by atoms with Gasteiger partial charge in [-0.25, -0.2) is 4.98 Å². The van der Waals surface area contributed by atoms with E-state index in [1.54, 1.807) is 26.5 Å². The third-order valence-corrected chi connectivity index (χ3v) is 2.99. The molecule has 1 aromatic carbocycles. The van der Waals surface area contributed by atoms with Crippen molar-refractivity contribution in [3.63, 3.8) is 0 Å². The van der Waals surface area contributed by atoms with Gasteiger partial charge in [-0.15, -0.1) is 0 Å². The van der Waals surface area contributed by atoms with Crippen LogP contribution in [0.4, 0.5) is 0 Å². The summed E-state index contributed by atoms with van der Waals surface area (Å²) in [4.78, 5) is 16.2. The minimum absolute atomic E-state index is 0.126. The Morgan fingerprint density at radius 3 is 2.50 bits per heavy atom. The first-order valence-corrected chi connectivity index (χ1v) is 6.35. The summed E-state index contributed by atoms with van der Waals surface area (Å²) in [5, 5.41) is 0. The topological polar surface area (TPSA) is 48.4 Å². The molecule has 1 heterocycles. The fraction of sp³-hybridized carbons (Fsp3) is 0.250. The first-order chi connectivity index (χ1) is 9.72. The van der Waals surface area contributed by atoms with E-state index >= 15 is 0 Å². The van der Waals surface area contributed by atoms with E-state index in [0.717, 1.165) is 16.9 Å². The SMILES string of the molecule is COc1ccc(CC(=O)Cc2ccccc2OC)cn1. The summed E-state index contributed by atoms with van der Waals surface area (Å²) in [5.74, 6) is 1.42. The molecule has 104 valence electrons. The number of carbonyl (C=O) groups is 1. The number of Topliss-reactive ketones (excluding diaryl/α,β-unsaturated/α-hetero) is 1. The van der Waals surface area contributed by atoms with Crippen LogP contribution in [0.5, 0.6) is 11.6 Å². The number of methoxy groups -OCH3 is 2. The van der Waals surface area contributed by atoms with Gasteiger partial charge in [0.1, 0.15) is 11.5 Å². The lowest BCUT2D eigenvalue weighted by molar-refractivity contribution is -0.117. The van der Waals surface area contributed by atoms with E-state index in [2.05, 4.69) is 4.98 Å². The average molecular weight is 271 g/mol. The second-order valence-electron chi connectivity index (χ2n) is 4.41. The van der Waals surface area contributed by atoms with Crippen molar-refractivity contribution in [1.29, 1.82) is 0 Å². The Morgan fingerprint density at radius 1 is 1.05 bits per heavy atom. The van der Waals surface area contributed by atoms with E-state index in [0.29, 0.717) is 18.7 Å². The Hall–Kier alpha value is -2.36. The lowest BCUT2D eigenvalue weighted by Crippen LogP contribution is -2.08. The molecule has 2 aromatic rings. The maximum Gasteiger partial charge on any atom is 0.212 e. The molecule has 0 bridgehead atoms. The molecular formula is C16H17NO3. The monoisotopic (exact) mass is 271 g/mol. The summed E-state index contributed by atoms with van der Waals surface area (Å²) in [5.41, 5.74) is 1.78. The number of hydrogen-bond donors (Lipinski definition) is 0. The van der Waals surface area contributed by atoms with Gasteiger partial charge in [0.2, 0.25) is 5.88 Å². The molecule has 0 radical (unpaired) electrons. The third kappa shape index (κ3) is 3.57. The number of pyridine rings is 1. The summed E-state index contributed by atoms with van der Waals surface area (Å²) < 4.78 is 10.2. The normalized spacial score (nSPS) is 10.1. The highest BCUT2D eigenvalue weighted by Crippen LogP contribution is 2.18. The molecule has 0 atom stereocenters. The molecule has 2 rings (SSSR count). The van der Waals surface area contributed by atoms with Gasteiger partial charge in [-0.05, 0) is 11.6 Å². The number of para-hydroxylation sites is 1. The molecule has 4 nitrogen and oxygen atoms in total. The number of ketones is 1. The first-order valence-electron chi connectivity index (χ1n) is 6.35. The Labute approximate surface area is 118 Å². The fourth-order valence-corrected chi connectivity index (χ4v) is 1.99. The minimum Gasteiger partial charge on any atom is -0.496 e. The van der Waals surface area contributed by atoms with Crippen LogP contribution < -0.4 is 9.47 Å². The van der Waals surface area contributed by atoms with Crippen LogP contribution in [0.2, 0.25) is 0 Å². The molecule has 0 saturated carbocycles. The largest absolute Gasteiger partial charge is 0.496 e. The zero-order valence-corrected chi connectivity index (χ0v) is 11.6. The summed E-state index contributed by atoms with van der Waals surface area (Å²) >= 11 is 0. The lowest BCUT2D eigenvalue weighted by Gasteiger charge is -2.07. The van der Waals surface area contributed by atoms with Gasteiger partial charge in [0.05, 0.1) is 14.2 Å². The molecule has 0 aliphatic rings. The predicted molar refractivity (Wildman–Crippen MR) is 76.2 cm³/mol. The van der Waals surface area contributed by atoms with Crippen molar-refractivity contribution in [3.05, 3.63) is 53.7 Å². The molecule has 0 aliphatic carbocycles. The zero-order chi connectivity index (χ0) is 14.4. The van der Waals surface area contributed by atoms with Crippen LogP contribution in [0.1, 0.15) is 11.1 Å². The lowest BCUT2D eigenvalue weighted by atomic mass is 10.0. The number of rotatable bonds is 6. The van der Waals surface area contributed by atoms with Gasteiger partial charge in [-0.2, -0.15) is 0 Å². The number of benzene rings is 1. The molecule has 0 saturated heterocycles. The Kier molecular flexibility index (Phi) is 4.71. The van der Waals surface area contributed by atoms with Crippen molar-refractivity contribution in [3.8, 4) is 11.6 Å². The van der Waals surface area contributed by atoms with E-state index in [1.807, 2.05) is 30.3 Å². The van der Waals surface area contributed by atoms with Crippen molar-refractivity contribution < 1.29 is 14.3 Å². The number of aromatic nitrogens is 1. The molecule has 0 amide bonds. The van der Waals surface area contributed by atoms with Crippen LogP contribution in [-0.2, 0) is 17.6 Å². The molecule has 0 spiro atoms. The van der Waals surface area contributed by atoms with Gasteiger partial charge >= 0.3 is 0 Å². The highest BCUT2D eigenvalue weighted by molar-refractivity contribution is 5.83. The number of carbonyl (C=O) groups excluding carboxylic acids is 1. The fourth-order valence-electron chi connectivity index (χ4n) is 1.99. The van der Waals surface area contributed by atoms with Crippen LogP contribution in [-0.4, -0.2) is 25.0 Å². The maximum absolute atomic E-state index is 12.1. The molecular weight excluding hydrogens is 254 g/mol. The van der Waals surface area contributed by atoms with Gasteiger partial charge in [-0.3, -0.25) is 4.79 Å². The minimum atomic E-state index is 0.126. The van der Waals surface area contributed by atoms with Gasteiger partial charge in [0.25, 0.3) is 0 Å². The number of ether oxygens (including phenoxy) is 2.